The van der Waals surface area contributed by atoms with Crippen molar-refractivity contribution >= 4 is 12.4 Å². The molecule has 20 heavy (non-hydrogen) atoms. The summed E-state index contributed by atoms with van der Waals surface area (Å²) in [7, 11) is 0. The molecule has 1 aliphatic rings. The number of ether oxygens (including phenoxy) is 1. The third kappa shape index (κ3) is 12.0. The van der Waals surface area contributed by atoms with Crippen molar-refractivity contribution in [2.24, 2.45) is 0 Å². The largest absolute Gasteiger partial charge is 0.372 e. The number of epoxide rings is 1. The van der Waals surface area contributed by atoms with Crippen LogP contribution in [0.5, 0.6) is 0 Å². The Labute approximate surface area is 132 Å². The van der Waals surface area contributed by atoms with Gasteiger partial charge in [-0.05, 0) is 20.3 Å². The Hall–Kier alpha value is 0.210. The molecule has 1 unspecified atom stereocenters. The van der Waals surface area contributed by atoms with Crippen LogP contribution in [0.15, 0.2) is 0 Å². The fourth-order valence-electron chi connectivity index (χ4n) is 2.54. The zero-order chi connectivity index (χ0) is 14.0. The fourth-order valence-corrected chi connectivity index (χ4v) is 2.54. The maximum atomic E-state index is 5.24. The van der Waals surface area contributed by atoms with Crippen molar-refractivity contribution in [1.29, 1.82) is 0 Å². The molecule has 3 heteroatoms. The molecule has 1 rings (SSSR count). The summed E-state index contributed by atoms with van der Waals surface area (Å²) in [5.74, 6) is 0. The lowest BCUT2D eigenvalue weighted by atomic mass is 9.95. The number of hydrogen-bond acceptors (Lipinski definition) is 2. The minimum absolute atomic E-state index is 0. The second-order valence-electron chi connectivity index (χ2n) is 6.80. The van der Waals surface area contributed by atoms with Crippen LogP contribution >= 0.6 is 12.4 Å². The molecule has 1 N–H and O–H groups in total. The van der Waals surface area contributed by atoms with Crippen molar-refractivity contribution < 1.29 is 4.74 Å². The summed E-state index contributed by atoms with van der Waals surface area (Å²) < 4.78 is 5.24. The first kappa shape index (κ1) is 20.2. The molecule has 1 saturated heterocycles. The van der Waals surface area contributed by atoms with Crippen LogP contribution in [0.3, 0.4) is 0 Å². The Bertz CT molecular complexity index is 217. The molecule has 0 spiro atoms. The van der Waals surface area contributed by atoms with Gasteiger partial charge in [0.05, 0.1) is 12.7 Å². The third-order valence-electron chi connectivity index (χ3n) is 4.12. The Morgan fingerprint density at radius 1 is 0.950 bits per heavy atom. The Kier molecular flexibility index (Phi) is 11.9. The lowest BCUT2D eigenvalue weighted by Crippen LogP contribution is -2.41. The summed E-state index contributed by atoms with van der Waals surface area (Å²) >= 11 is 0. The molecule has 2 nitrogen and oxygen atoms in total. The van der Waals surface area contributed by atoms with Crippen molar-refractivity contribution in [3.05, 3.63) is 0 Å². The van der Waals surface area contributed by atoms with Gasteiger partial charge in [0.1, 0.15) is 0 Å². The van der Waals surface area contributed by atoms with E-state index < -0.39 is 0 Å². The molecule has 0 amide bonds. The third-order valence-corrected chi connectivity index (χ3v) is 4.12. The molecule has 0 radical (unpaired) electrons. The van der Waals surface area contributed by atoms with Crippen molar-refractivity contribution in [1.82, 2.24) is 5.32 Å². The van der Waals surface area contributed by atoms with Gasteiger partial charge in [0.25, 0.3) is 0 Å². The van der Waals surface area contributed by atoms with E-state index >= 15 is 0 Å². The number of rotatable bonds is 13. The van der Waals surface area contributed by atoms with Crippen molar-refractivity contribution in [2.75, 3.05) is 13.2 Å². The lowest BCUT2D eigenvalue weighted by Gasteiger charge is -2.26. The van der Waals surface area contributed by atoms with E-state index in [1.165, 1.54) is 64.2 Å². The fraction of sp³-hybridized carbons (Fsp3) is 1.00. The van der Waals surface area contributed by atoms with Gasteiger partial charge in [-0.25, -0.2) is 0 Å². The molecule has 0 aromatic carbocycles. The van der Waals surface area contributed by atoms with Crippen LogP contribution in [0.2, 0.25) is 0 Å². The zero-order valence-corrected chi connectivity index (χ0v) is 14.7. The summed E-state index contributed by atoms with van der Waals surface area (Å²) in [5.41, 5.74) is 0.285. The van der Waals surface area contributed by atoms with Gasteiger partial charge in [-0.15, -0.1) is 12.4 Å². The minimum Gasteiger partial charge on any atom is -0.372 e. The molecular weight excluding hydrogens is 270 g/mol. The van der Waals surface area contributed by atoms with Crippen LogP contribution in [-0.2, 0) is 4.74 Å². The zero-order valence-electron chi connectivity index (χ0n) is 13.9. The van der Waals surface area contributed by atoms with Crippen LogP contribution in [0.1, 0.15) is 85.0 Å². The van der Waals surface area contributed by atoms with Gasteiger partial charge < -0.3 is 10.1 Å². The predicted molar refractivity (Wildman–Crippen MR) is 90.9 cm³/mol. The van der Waals surface area contributed by atoms with Crippen molar-refractivity contribution in [3.63, 3.8) is 0 Å². The van der Waals surface area contributed by atoms with E-state index in [1.54, 1.807) is 0 Å². The number of halogens is 1. The number of hydrogen-bond donors (Lipinski definition) is 1. The standard InChI is InChI=1S/C17H35NO.ClH/c1-4-5-6-7-8-9-10-11-12-13-17(2,3)18-14-16-15-19-16;/h16,18H,4-15H2,1-3H3;1H. The molecule has 0 bridgehead atoms. The van der Waals surface area contributed by atoms with E-state index in [9.17, 15) is 0 Å². The second-order valence-corrected chi connectivity index (χ2v) is 6.80. The van der Waals surface area contributed by atoms with E-state index in [2.05, 4.69) is 26.1 Å². The monoisotopic (exact) mass is 305 g/mol. The van der Waals surface area contributed by atoms with Gasteiger partial charge in [0, 0.05) is 12.1 Å². The van der Waals surface area contributed by atoms with E-state index in [-0.39, 0.29) is 17.9 Å². The van der Waals surface area contributed by atoms with Crippen LogP contribution in [0.25, 0.3) is 0 Å². The van der Waals surface area contributed by atoms with Gasteiger partial charge in [0.2, 0.25) is 0 Å². The summed E-state index contributed by atoms with van der Waals surface area (Å²) in [4.78, 5) is 0. The van der Waals surface area contributed by atoms with Gasteiger partial charge in [-0.2, -0.15) is 0 Å². The highest BCUT2D eigenvalue weighted by atomic mass is 35.5. The molecule has 1 aliphatic heterocycles. The van der Waals surface area contributed by atoms with E-state index in [1.807, 2.05) is 0 Å². The quantitative estimate of drug-likeness (QED) is 0.378. The van der Waals surface area contributed by atoms with Crippen LogP contribution in [0, 0.1) is 0 Å². The van der Waals surface area contributed by atoms with Gasteiger partial charge >= 0.3 is 0 Å². The van der Waals surface area contributed by atoms with Crippen LogP contribution in [0.4, 0.5) is 0 Å². The van der Waals surface area contributed by atoms with Crippen molar-refractivity contribution in [3.8, 4) is 0 Å². The first-order valence-electron chi connectivity index (χ1n) is 8.51. The molecule has 1 atom stereocenters. The van der Waals surface area contributed by atoms with Gasteiger partial charge in [0.15, 0.2) is 0 Å². The maximum absolute atomic E-state index is 5.24. The van der Waals surface area contributed by atoms with Gasteiger partial charge in [-0.3, -0.25) is 0 Å². The van der Waals surface area contributed by atoms with E-state index in [0.29, 0.717) is 6.10 Å². The molecule has 1 fully saturated rings. The summed E-state index contributed by atoms with van der Waals surface area (Å²) in [5, 5.41) is 3.62. The highest BCUT2D eigenvalue weighted by Gasteiger charge is 2.25. The molecule has 0 aromatic heterocycles. The Balaban J connectivity index is 0.00000361. The number of unbranched alkanes of at least 4 members (excludes halogenated alkanes) is 8. The summed E-state index contributed by atoms with van der Waals surface area (Å²) in [6.45, 7) is 8.91. The topological polar surface area (TPSA) is 24.6 Å². The molecule has 122 valence electrons. The van der Waals surface area contributed by atoms with E-state index in [4.69, 9.17) is 4.74 Å². The molecule has 1 heterocycles. The minimum atomic E-state index is 0. The average Bonchev–Trinajstić information content (AvgIpc) is 3.19. The molecule has 0 aliphatic carbocycles. The van der Waals surface area contributed by atoms with Crippen LogP contribution in [-0.4, -0.2) is 24.8 Å². The Morgan fingerprint density at radius 3 is 1.95 bits per heavy atom. The highest BCUT2D eigenvalue weighted by molar-refractivity contribution is 5.85. The predicted octanol–water partition coefficient (Wildman–Crippen LogP) is 5.10. The first-order chi connectivity index (χ1) is 9.14. The summed E-state index contributed by atoms with van der Waals surface area (Å²) in [6, 6.07) is 0. The Morgan fingerprint density at radius 2 is 1.45 bits per heavy atom. The van der Waals surface area contributed by atoms with Crippen LogP contribution < -0.4 is 5.32 Å². The molecular formula is C17H36ClNO. The second kappa shape index (κ2) is 11.8. The van der Waals surface area contributed by atoms with Crippen molar-refractivity contribution in [2.45, 2.75) is 96.6 Å². The highest BCUT2D eigenvalue weighted by Crippen LogP contribution is 2.17. The average molecular weight is 306 g/mol. The smallest absolute Gasteiger partial charge is 0.0934 e. The van der Waals surface area contributed by atoms with E-state index in [0.717, 1.165) is 13.2 Å². The summed E-state index contributed by atoms with van der Waals surface area (Å²) in [6.07, 6.45) is 14.5. The molecule has 0 aromatic rings. The number of nitrogens with one attached hydrogen (secondary N) is 1. The SMILES string of the molecule is CCCCCCCCCCCC(C)(C)NCC1CO1.Cl. The maximum Gasteiger partial charge on any atom is 0.0934 e. The lowest BCUT2D eigenvalue weighted by molar-refractivity contribution is 0.317. The van der Waals surface area contributed by atoms with Gasteiger partial charge in [-0.1, -0.05) is 64.7 Å². The first-order valence-corrected chi connectivity index (χ1v) is 8.51. The normalized spacial score (nSPS) is 17.9. The molecule has 0 saturated carbocycles.